The van der Waals surface area contributed by atoms with Crippen molar-refractivity contribution in [3.63, 3.8) is 0 Å². The Morgan fingerprint density at radius 3 is 2.77 bits per heavy atom. The van der Waals surface area contributed by atoms with Crippen LogP contribution in [0.2, 0.25) is 0 Å². The van der Waals surface area contributed by atoms with Crippen LogP contribution in [0.4, 0.5) is 19.0 Å². The van der Waals surface area contributed by atoms with E-state index in [-0.39, 0.29) is 18.3 Å². The van der Waals surface area contributed by atoms with Gasteiger partial charge in [0.2, 0.25) is 0 Å². The van der Waals surface area contributed by atoms with Gasteiger partial charge < -0.3 is 14.4 Å². The fraction of sp³-hybridized carbons (Fsp3) is 0.583. The van der Waals surface area contributed by atoms with Crippen molar-refractivity contribution in [2.75, 3.05) is 37.8 Å². The quantitative estimate of drug-likeness (QED) is 0.520. The van der Waals surface area contributed by atoms with Crippen LogP contribution in [-0.4, -0.2) is 57.6 Å². The minimum Gasteiger partial charge on any atom is -0.491 e. The van der Waals surface area contributed by atoms with Gasteiger partial charge in [0.05, 0.1) is 32.2 Å². The average Bonchev–Trinajstić information content (AvgIpc) is 3.20. The molecule has 3 fully saturated rings. The molecule has 3 aromatic heterocycles. The first-order valence-corrected chi connectivity index (χ1v) is 12.0. The van der Waals surface area contributed by atoms with E-state index in [0.717, 1.165) is 62.3 Å². The van der Waals surface area contributed by atoms with Gasteiger partial charge in [-0.3, -0.25) is 0 Å². The largest absolute Gasteiger partial charge is 0.491 e. The normalized spacial score (nSPS) is 22.3. The zero-order valence-electron chi connectivity index (χ0n) is 19.2. The third-order valence-corrected chi connectivity index (χ3v) is 7.38. The van der Waals surface area contributed by atoms with E-state index in [4.69, 9.17) is 14.5 Å². The zero-order valence-corrected chi connectivity index (χ0v) is 19.2. The minimum atomic E-state index is -4.55. The van der Waals surface area contributed by atoms with Crippen molar-refractivity contribution >= 4 is 17.0 Å². The van der Waals surface area contributed by atoms with E-state index < -0.39 is 11.9 Å². The van der Waals surface area contributed by atoms with E-state index in [0.29, 0.717) is 17.9 Å². The zero-order chi connectivity index (χ0) is 24.0. The van der Waals surface area contributed by atoms with Crippen LogP contribution in [0.1, 0.15) is 31.4 Å². The maximum atomic E-state index is 13.2. The summed E-state index contributed by atoms with van der Waals surface area (Å²) in [5.41, 5.74) is 0.964. The molecule has 2 aliphatic heterocycles. The first-order chi connectivity index (χ1) is 16.9. The Morgan fingerprint density at radius 2 is 2.00 bits per heavy atom. The van der Waals surface area contributed by atoms with Crippen LogP contribution in [0.3, 0.4) is 0 Å². The third-order valence-electron chi connectivity index (χ3n) is 7.38. The topological polar surface area (TPSA) is 78.2 Å². The molecule has 8 nitrogen and oxygen atoms in total. The summed E-state index contributed by atoms with van der Waals surface area (Å²) in [6.45, 7) is 4.23. The highest BCUT2D eigenvalue weighted by atomic mass is 19.4. The average molecular weight is 489 g/mol. The summed E-state index contributed by atoms with van der Waals surface area (Å²) in [7, 11) is 0. The number of halogens is 3. The molecular formula is C24H27F3N6O2. The molecule has 11 heteroatoms. The molecule has 0 amide bonds. The second kappa shape index (κ2) is 8.61. The Kier molecular flexibility index (Phi) is 5.54. The molecule has 0 bridgehead atoms. The van der Waals surface area contributed by atoms with Gasteiger partial charge in [-0.05, 0) is 43.7 Å². The van der Waals surface area contributed by atoms with Gasteiger partial charge in [-0.2, -0.15) is 18.3 Å². The lowest BCUT2D eigenvalue weighted by Crippen LogP contribution is -2.53. The third kappa shape index (κ3) is 4.41. The second-order valence-electron chi connectivity index (χ2n) is 10.1. The van der Waals surface area contributed by atoms with Crippen molar-refractivity contribution in [1.29, 1.82) is 0 Å². The molecule has 0 radical (unpaired) electrons. The minimum absolute atomic E-state index is 0.0725. The van der Waals surface area contributed by atoms with Crippen LogP contribution < -0.4 is 9.64 Å². The predicted molar refractivity (Wildman–Crippen MR) is 121 cm³/mol. The van der Waals surface area contributed by atoms with Crippen LogP contribution in [0.5, 0.6) is 5.75 Å². The number of aromatic nitrogens is 5. The van der Waals surface area contributed by atoms with Gasteiger partial charge in [-0.1, -0.05) is 0 Å². The van der Waals surface area contributed by atoms with Crippen LogP contribution >= 0.6 is 0 Å². The number of nitrogens with zero attached hydrogens (tertiary/aromatic N) is 6. The van der Waals surface area contributed by atoms with E-state index in [1.807, 2.05) is 4.68 Å². The maximum Gasteiger partial charge on any atom is 0.437 e. The first-order valence-electron chi connectivity index (χ1n) is 12.0. The summed E-state index contributed by atoms with van der Waals surface area (Å²) >= 11 is 0. The number of anilines is 1. The van der Waals surface area contributed by atoms with E-state index in [2.05, 4.69) is 20.0 Å². The Morgan fingerprint density at radius 1 is 1.14 bits per heavy atom. The number of ether oxygens (including phenoxy) is 2. The lowest BCUT2D eigenvalue weighted by Gasteiger charge is -2.53. The molecule has 3 aliphatic rings. The molecule has 186 valence electrons. The van der Waals surface area contributed by atoms with Crippen molar-refractivity contribution < 1.29 is 22.6 Å². The number of hydrogen-bond donors (Lipinski definition) is 0. The fourth-order valence-corrected chi connectivity index (χ4v) is 5.63. The van der Waals surface area contributed by atoms with Crippen LogP contribution in [0.15, 0.2) is 30.7 Å². The Hall–Kier alpha value is -2.95. The summed E-state index contributed by atoms with van der Waals surface area (Å²) in [4.78, 5) is 15.0. The summed E-state index contributed by atoms with van der Waals surface area (Å²) in [5, 5.41) is 4.53. The van der Waals surface area contributed by atoms with Crippen molar-refractivity contribution in [2.24, 2.45) is 17.3 Å². The first kappa shape index (κ1) is 22.5. The Bertz CT molecular complexity index is 1200. The lowest BCUT2D eigenvalue weighted by atomic mass is 9.61. The van der Waals surface area contributed by atoms with E-state index in [1.165, 1.54) is 25.0 Å². The molecule has 35 heavy (non-hydrogen) atoms. The highest BCUT2D eigenvalue weighted by molar-refractivity contribution is 5.71. The number of pyridine rings is 1. The molecule has 2 saturated heterocycles. The second-order valence-corrected chi connectivity index (χ2v) is 10.1. The summed E-state index contributed by atoms with van der Waals surface area (Å²) in [6.07, 6.45) is 4.20. The van der Waals surface area contributed by atoms with Gasteiger partial charge in [0.15, 0.2) is 11.3 Å². The van der Waals surface area contributed by atoms with Gasteiger partial charge in [-0.25, -0.2) is 19.6 Å². The molecule has 1 atom stereocenters. The molecule has 5 heterocycles. The standard InChI is InChI=1S/C24H27F3N6O2/c25-24(26,27)21-19(4-1-5-28-21)35-13-16-3-2-6-32(11-16)20-10-29-18-9-30-33(22(18)31-20)12-17-7-23(8-17)14-34-15-23/h1,4-5,9-10,16-17H,2-3,6-8,11-15H2. The summed E-state index contributed by atoms with van der Waals surface area (Å²) < 4.78 is 52.6. The van der Waals surface area contributed by atoms with Crippen LogP contribution in [-0.2, 0) is 17.5 Å². The van der Waals surface area contributed by atoms with Gasteiger partial charge in [0, 0.05) is 37.2 Å². The van der Waals surface area contributed by atoms with Crippen molar-refractivity contribution in [3.05, 3.63) is 36.4 Å². The Labute approximate surface area is 200 Å². The molecule has 1 spiro atoms. The molecule has 1 aliphatic carbocycles. The van der Waals surface area contributed by atoms with E-state index >= 15 is 0 Å². The molecule has 6 rings (SSSR count). The Balaban J connectivity index is 1.12. The molecule has 0 N–H and O–H groups in total. The predicted octanol–water partition coefficient (Wildman–Crippen LogP) is 3.96. The highest BCUT2D eigenvalue weighted by Crippen LogP contribution is 2.51. The fourth-order valence-electron chi connectivity index (χ4n) is 5.63. The molecule has 0 aromatic carbocycles. The molecule has 1 saturated carbocycles. The van der Waals surface area contributed by atoms with Gasteiger partial charge >= 0.3 is 6.18 Å². The van der Waals surface area contributed by atoms with Crippen LogP contribution in [0, 0.1) is 17.3 Å². The molecule has 1 unspecified atom stereocenters. The van der Waals surface area contributed by atoms with Crippen LogP contribution in [0.25, 0.3) is 11.2 Å². The van der Waals surface area contributed by atoms with E-state index in [1.54, 1.807) is 12.4 Å². The number of hydrogen-bond acceptors (Lipinski definition) is 7. The monoisotopic (exact) mass is 488 g/mol. The summed E-state index contributed by atoms with van der Waals surface area (Å²) in [5.74, 6) is 1.19. The maximum absolute atomic E-state index is 13.2. The smallest absolute Gasteiger partial charge is 0.437 e. The van der Waals surface area contributed by atoms with Gasteiger partial charge in [-0.15, -0.1) is 0 Å². The SMILES string of the molecule is FC(F)(F)c1ncccc1OCC1CCCN(c2cnc3cnn(CC4CC5(COC5)C4)c3n2)C1. The molecular weight excluding hydrogens is 461 g/mol. The van der Waals surface area contributed by atoms with Crippen molar-refractivity contribution in [3.8, 4) is 5.75 Å². The lowest BCUT2D eigenvalue weighted by molar-refractivity contribution is -0.181. The number of fused-ring (bicyclic) bond motifs is 1. The van der Waals surface area contributed by atoms with Crippen molar-refractivity contribution in [2.45, 2.75) is 38.4 Å². The van der Waals surface area contributed by atoms with Gasteiger partial charge in [0.1, 0.15) is 17.1 Å². The molecule has 3 aromatic rings. The number of rotatable bonds is 6. The van der Waals surface area contributed by atoms with Crippen molar-refractivity contribution in [1.82, 2.24) is 24.7 Å². The summed E-state index contributed by atoms with van der Waals surface area (Å²) in [6, 6.07) is 2.77. The van der Waals surface area contributed by atoms with Gasteiger partial charge in [0.25, 0.3) is 0 Å². The van der Waals surface area contributed by atoms with E-state index in [9.17, 15) is 13.2 Å². The number of piperidine rings is 1. The number of alkyl halides is 3. The highest BCUT2D eigenvalue weighted by Gasteiger charge is 2.49.